The molecule has 1 aromatic heterocycles. The molecule has 96 valence electrons. The van der Waals surface area contributed by atoms with Crippen LogP contribution in [0.3, 0.4) is 0 Å². The molecule has 0 unspecified atom stereocenters. The third kappa shape index (κ3) is 3.09. The van der Waals surface area contributed by atoms with E-state index in [0.717, 1.165) is 5.02 Å². The SMILES string of the molecule is Cc1noc([C@H](C)N[C@@H](C)c2ccc(Cl)cc2)n1. The minimum Gasteiger partial charge on any atom is -0.338 e. The van der Waals surface area contributed by atoms with Gasteiger partial charge in [0.25, 0.3) is 0 Å². The van der Waals surface area contributed by atoms with Crippen LogP contribution in [-0.2, 0) is 0 Å². The van der Waals surface area contributed by atoms with Crippen LogP contribution in [0.4, 0.5) is 0 Å². The van der Waals surface area contributed by atoms with Gasteiger partial charge in [-0.05, 0) is 38.5 Å². The number of hydrogen-bond donors (Lipinski definition) is 1. The Morgan fingerprint density at radius 3 is 2.39 bits per heavy atom. The zero-order chi connectivity index (χ0) is 13.1. The third-order valence-electron chi connectivity index (χ3n) is 2.78. The van der Waals surface area contributed by atoms with Crippen molar-refractivity contribution in [3.8, 4) is 0 Å². The molecule has 5 heteroatoms. The topological polar surface area (TPSA) is 51.0 Å². The first-order valence-electron chi connectivity index (χ1n) is 5.88. The summed E-state index contributed by atoms with van der Waals surface area (Å²) in [6.45, 7) is 5.89. The maximum atomic E-state index is 5.87. The fourth-order valence-corrected chi connectivity index (χ4v) is 1.91. The Morgan fingerprint density at radius 2 is 1.83 bits per heavy atom. The van der Waals surface area contributed by atoms with Crippen molar-refractivity contribution in [1.82, 2.24) is 15.5 Å². The lowest BCUT2D eigenvalue weighted by atomic mass is 10.1. The third-order valence-corrected chi connectivity index (χ3v) is 3.04. The van der Waals surface area contributed by atoms with E-state index in [1.807, 2.05) is 38.1 Å². The fourth-order valence-electron chi connectivity index (χ4n) is 1.78. The molecular weight excluding hydrogens is 250 g/mol. The van der Waals surface area contributed by atoms with Crippen LogP contribution in [0.5, 0.6) is 0 Å². The first kappa shape index (κ1) is 13.1. The minimum atomic E-state index is 0.0110. The molecule has 1 aromatic carbocycles. The summed E-state index contributed by atoms with van der Waals surface area (Å²) < 4.78 is 5.14. The van der Waals surface area contributed by atoms with Crippen LogP contribution < -0.4 is 5.32 Å². The summed E-state index contributed by atoms with van der Waals surface area (Å²) >= 11 is 5.87. The van der Waals surface area contributed by atoms with Crippen LogP contribution in [0.2, 0.25) is 5.02 Å². The van der Waals surface area contributed by atoms with Gasteiger partial charge in [-0.15, -0.1) is 0 Å². The predicted octanol–water partition coefficient (Wildman–Crippen LogP) is 3.44. The standard InChI is InChI=1S/C13H16ClN3O/c1-8(11-4-6-12(14)7-5-11)15-9(2)13-16-10(3)17-18-13/h4-9,15H,1-3H3/t8-,9-/m0/s1. The number of hydrogen-bond acceptors (Lipinski definition) is 4. The van der Waals surface area contributed by atoms with Crippen molar-refractivity contribution in [2.75, 3.05) is 0 Å². The highest BCUT2D eigenvalue weighted by Crippen LogP contribution is 2.20. The average molecular weight is 266 g/mol. The van der Waals surface area contributed by atoms with Crippen molar-refractivity contribution in [2.45, 2.75) is 32.9 Å². The molecule has 2 aromatic rings. The van der Waals surface area contributed by atoms with E-state index in [1.165, 1.54) is 5.56 Å². The van der Waals surface area contributed by atoms with Gasteiger partial charge in [0.15, 0.2) is 5.82 Å². The highest BCUT2D eigenvalue weighted by atomic mass is 35.5. The van der Waals surface area contributed by atoms with Gasteiger partial charge < -0.3 is 4.52 Å². The molecule has 2 atom stereocenters. The molecule has 1 heterocycles. The average Bonchev–Trinajstić information content (AvgIpc) is 2.76. The Kier molecular flexibility index (Phi) is 3.99. The first-order valence-corrected chi connectivity index (χ1v) is 6.26. The van der Waals surface area contributed by atoms with Crippen molar-refractivity contribution >= 4 is 11.6 Å². The molecule has 0 saturated carbocycles. The number of benzene rings is 1. The Labute approximate surface area is 111 Å². The minimum absolute atomic E-state index is 0.0110. The molecular formula is C13H16ClN3O. The van der Waals surface area contributed by atoms with Crippen LogP contribution >= 0.6 is 11.6 Å². The number of nitrogens with one attached hydrogen (secondary N) is 1. The Hall–Kier alpha value is -1.39. The van der Waals surface area contributed by atoms with Crippen molar-refractivity contribution < 1.29 is 4.52 Å². The van der Waals surface area contributed by atoms with Gasteiger partial charge in [-0.25, -0.2) is 0 Å². The number of aromatic nitrogens is 2. The van der Waals surface area contributed by atoms with Crippen LogP contribution in [0.25, 0.3) is 0 Å². The number of nitrogens with zero attached hydrogens (tertiary/aromatic N) is 2. The van der Waals surface area contributed by atoms with Crippen LogP contribution in [0, 0.1) is 6.92 Å². The molecule has 4 nitrogen and oxygen atoms in total. The Balaban J connectivity index is 2.02. The first-order chi connectivity index (χ1) is 8.56. The fraction of sp³-hybridized carbons (Fsp3) is 0.385. The molecule has 0 bridgehead atoms. The van der Waals surface area contributed by atoms with E-state index < -0.39 is 0 Å². The lowest BCUT2D eigenvalue weighted by Crippen LogP contribution is -2.22. The molecule has 1 N–H and O–H groups in total. The van der Waals surface area contributed by atoms with Crippen LogP contribution in [-0.4, -0.2) is 10.1 Å². The molecule has 0 aliphatic carbocycles. The van der Waals surface area contributed by atoms with Gasteiger partial charge in [0.1, 0.15) is 0 Å². The van der Waals surface area contributed by atoms with Gasteiger partial charge in [0.2, 0.25) is 5.89 Å². The maximum absolute atomic E-state index is 5.87. The normalized spacial score (nSPS) is 14.4. The van der Waals surface area contributed by atoms with Crippen molar-refractivity contribution in [3.05, 3.63) is 46.6 Å². The zero-order valence-corrected chi connectivity index (χ0v) is 11.4. The summed E-state index contributed by atoms with van der Waals surface area (Å²) in [5, 5.41) is 7.93. The van der Waals surface area contributed by atoms with Crippen LogP contribution in [0.1, 0.15) is 43.2 Å². The van der Waals surface area contributed by atoms with E-state index in [1.54, 1.807) is 0 Å². The van der Waals surface area contributed by atoms with Gasteiger partial charge in [-0.1, -0.05) is 28.9 Å². The van der Waals surface area contributed by atoms with Gasteiger partial charge >= 0.3 is 0 Å². The highest BCUT2D eigenvalue weighted by Gasteiger charge is 2.16. The summed E-state index contributed by atoms with van der Waals surface area (Å²) in [5.74, 6) is 1.26. The number of aryl methyl sites for hydroxylation is 1. The summed E-state index contributed by atoms with van der Waals surface area (Å²) in [7, 11) is 0. The van der Waals surface area contributed by atoms with Gasteiger partial charge in [0, 0.05) is 11.1 Å². The largest absolute Gasteiger partial charge is 0.338 e. The van der Waals surface area contributed by atoms with E-state index in [9.17, 15) is 0 Å². The summed E-state index contributed by atoms with van der Waals surface area (Å²) in [5.41, 5.74) is 1.17. The molecule has 0 spiro atoms. The van der Waals surface area contributed by atoms with Crippen molar-refractivity contribution in [1.29, 1.82) is 0 Å². The molecule has 0 aliphatic heterocycles. The summed E-state index contributed by atoms with van der Waals surface area (Å²) in [6.07, 6.45) is 0. The van der Waals surface area contributed by atoms with E-state index in [4.69, 9.17) is 16.1 Å². The van der Waals surface area contributed by atoms with Crippen molar-refractivity contribution in [2.24, 2.45) is 0 Å². The number of rotatable bonds is 4. The zero-order valence-electron chi connectivity index (χ0n) is 10.6. The predicted molar refractivity (Wildman–Crippen MR) is 70.5 cm³/mol. The lowest BCUT2D eigenvalue weighted by molar-refractivity contribution is 0.326. The lowest BCUT2D eigenvalue weighted by Gasteiger charge is -2.17. The van der Waals surface area contributed by atoms with E-state index in [0.29, 0.717) is 11.7 Å². The van der Waals surface area contributed by atoms with Gasteiger partial charge in [-0.2, -0.15) is 4.98 Å². The highest BCUT2D eigenvalue weighted by molar-refractivity contribution is 6.30. The molecule has 18 heavy (non-hydrogen) atoms. The van der Waals surface area contributed by atoms with E-state index >= 15 is 0 Å². The van der Waals surface area contributed by atoms with Crippen LogP contribution in [0.15, 0.2) is 28.8 Å². The smallest absolute Gasteiger partial charge is 0.243 e. The van der Waals surface area contributed by atoms with E-state index in [2.05, 4.69) is 22.4 Å². The second-order valence-electron chi connectivity index (χ2n) is 4.34. The molecule has 0 radical (unpaired) electrons. The Morgan fingerprint density at radius 1 is 1.17 bits per heavy atom. The molecule has 0 fully saturated rings. The van der Waals surface area contributed by atoms with Crippen molar-refractivity contribution in [3.63, 3.8) is 0 Å². The monoisotopic (exact) mass is 265 g/mol. The van der Waals surface area contributed by atoms with Gasteiger partial charge in [0.05, 0.1) is 6.04 Å². The summed E-state index contributed by atoms with van der Waals surface area (Å²) in [4.78, 5) is 4.21. The second kappa shape index (κ2) is 5.50. The quantitative estimate of drug-likeness (QED) is 0.920. The Bertz CT molecular complexity index is 509. The van der Waals surface area contributed by atoms with Gasteiger partial charge in [-0.3, -0.25) is 5.32 Å². The molecule has 2 rings (SSSR count). The van der Waals surface area contributed by atoms with E-state index in [-0.39, 0.29) is 12.1 Å². The second-order valence-corrected chi connectivity index (χ2v) is 4.78. The number of halogens is 1. The molecule has 0 amide bonds. The summed E-state index contributed by atoms with van der Waals surface area (Å²) in [6, 6.07) is 7.98. The maximum Gasteiger partial charge on any atom is 0.243 e. The molecule has 0 aliphatic rings. The molecule has 0 saturated heterocycles.